The van der Waals surface area contributed by atoms with Gasteiger partial charge in [-0.25, -0.2) is 5.06 Å². The second-order valence-electron chi connectivity index (χ2n) is 6.26. The molecule has 1 aromatic heterocycles. The molecule has 1 aromatic rings. The summed E-state index contributed by atoms with van der Waals surface area (Å²) in [6.07, 6.45) is 3.34. The van der Waals surface area contributed by atoms with Crippen LogP contribution in [0.5, 0.6) is 0 Å². The molecular weight excluding hydrogens is 298 g/mol. The van der Waals surface area contributed by atoms with Crippen LogP contribution in [-0.2, 0) is 16.1 Å². The average Bonchev–Trinajstić information content (AvgIpc) is 3.00. The molecule has 0 radical (unpaired) electrons. The van der Waals surface area contributed by atoms with Crippen molar-refractivity contribution in [1.82, 2.24) is 15.1 Å². The van der Waals surface area contributed by atoms with Crippen LogP contribution in [-0.4, -0.2) is 45.7 Å². The summed E-state index contributed by atoms with van der Waals surface area (Å²) in [5.74, 6) is 0.502. The van der Waals surface area contributed by atoms with Gasteiger partial charge >= 0.3 is 0 Å². The average molecular weight is 323 g/mol. The molecule has 0 spiro atoms. The highest BCUT2D eigenvalue weighted by atomic mass is 16.5. The van der Waals surface area contributed by atoms with Crippen molar-refractivity contribution in [3.05, 3.63) is 17.0 Å². The van der Waals surface area contributed by atoms with Crippen LogP contribution in [0.25, 0.3) is 0 Å². The lowest BCUT2D eigenvalue weighted by molar-refractivity contribution is -0.155. The number of unbranched alkanes of at least 4 members (excludes halogenated alkanes) is 1. The standard InChI is InChI=1S/C16H25N3O4/c1-4-5-6-13-7-18(8-14-11(2)17-23-12(14)3)16(21)15(13)9-19(22)10-20/h10,13,15,22H,4-9H2,1-3H3. The van der Waals surface area contributed by atoms with E-state index in [1.165, 1.54) is 0 Å². The van der Waals surface area contributed by atoms with Crippen LogP contribution >= 0.6 is 0 Å². The largest absolute Gasteiger partial charge is 0.361 e. The number of rotatable bonds is 8. The van der Waals surface area contributed by atoms with Crippen molar-refractivity contribution in [2.24, 2.45) is 11.8 Å². The Hall–Kier alpha value is -1.89. The Morgan fingerprint density at radius 3 is 2.78 bits per heavy atom. The molecule has 2 rings (SSSR count). The summed E-state index contributed by atoms with van der Waals surface area (Å²) in [5, 5.41) is 14.0. The number of aromatic nitrogens is 1. The fourth-order valence-electron chi connectivity index (χ4n) is 3.23. The van der Waals surface area contributed by atoms with Gasteiger partial charge in [0.05, 0.1) is 24.7 Å². The first kappa shape index (κ1) is 17.5. The van der Waals surface area contributed by atoms with Gasteiger partial charge in [-0.15, -0.1) is 0 Å². The number of amides is 2. The quantitative estimate of drug-likeness (QED) is 0.448. The minimum Gasteiger partial charge on any atom is -0.361 e. The molecule has 7 nitrogen and oxygen atoms in total. The SMILES string of the molecule is CCCCC1CN(Cc2c(C)noc2C)C(=O)C1CN(O)C=O. The van der Waals surface area contributed by atoms with Crippen molar-refractivity contribution >= 4 is 12.3 Å². The molecule has 128 valence electrons. The molecule has 1 fully saturated rings. The zero-order chi connectivity index (χ0) is 17.0. The Morgan fingerprint density at radius 2 is 2.22 bits per heavy atom. The predicted octanol–water partition coefficient (Wildman–Crippen LogP) is 1.90. The van der Waals surface area contributed by atoms with E-state index >= 15 is 0 Å². The smallest absolute Gasteiger partial charge is 0.233 e. The lowest BCUT2D eigenvalue weighted by Gasteiger charge is -2.19. The summed E-state index contributed by atoms with van der Waals surface area (Å²) in [5.41, 5.74) is 1.73. The lowest BCUT2D eigenvalue weighted by Crippen LogP contribution is -2.34. The van der Waals surface area contributed by atoms with Gasteiger partial charge < -0.3 is 9.42 Å². The molecule has 0 bridgehead atoms. The summed E-state index contributed by atoms with van der Waals surface area (Å²) in [4.78, 5) is 25.2. The molecule has 23 heavy (non-hydrogen) atoms. The van der Waals surface area contributed by atoms with Gasteiger partial charge in [0.25, 0.3) is 0 Å². The van der Waals surface area contributed by atoms with Gasteiger partial charge in [-0.1, -0.05) is 24.9 Å². The van der Waals surface area contributed by atoms with Gasteiger partial charge in [-0.3, -0.25) is 14.8 Å². The molecule has 0 aromatic carbocycles. The van der Waals surface area contributed by atoms with Gasteiger partial charge in [-0.05, 0) is 26.2 Å². The molecule has 1 aliphatic rings. The fourth-order valence-corrected chi connectivity index (χ4v) is 3.23. The molecular formula is C16H25N3O4. The number of likely N-dealkylation sites (tertiary alicyclic amines) is 1. The third-order valence-electron chi connectivity index (χ3n) is 4.62. The Morgan fingerprint density at radius 1 is 1.48 bits per heavy atom. The Labute approximate surface area is 136 Å². The number of hydrogen-bond donors (Lipinski definition) is 1. The number of carbonyl (C=O) groups excluding carboxylic acids is 2. The second-order valence-corrected chi connectivity index (χ2v) is 6.26. The number of hydrogen-bond acceptors (Lipinski definition) is 5. The lowest BCUT2D eigenvalue weighted by atomic mass is 9.90. The predicted molar refractivity (Wildman–Crippen MR) is 82.5 cm³/mol. The fraction of sp³-hybridized carbons (Fsp3) is 0.688. The summed E-state index contributed by atoms with van der Waals surface area (Å²) in [7, 11) is 0. The van der Waals surface area contributed by atoms with Crippen LogP contribution in [0.1, 0.15) is 43.2 Å². The number of nitrogens with zero attached hydrogens (tertiary/aromatic N) is 3. The normalized spacial score (nSPS) is 21.0. The second kappa shape index (κ2) is 7.59. The highest BCUT2D eigenvalue weighted by molar-refractivity contribution is 5.82. The van der Waals surface area contributed by atoms with Gasteiger partial charge in [0.1, 0.15) is 5.76 Å². The summed E-state index contributed by atoms with van der Waals surface area (Å²) >= 11 is 0. The summed E-state index contributed by atoms with van der Waals surface area (Å²) < 4.78 is 5.16. The maximum atomic E-state index is 12.7. The van der Waals surface area contributed by atoms with E-state index in [4.69, 9.17) is 4.52 Å². The van der Waals surface area contributed by atoms with Crippen LogP contribution in [0.4, 0.5) is 0 Å². The zero-order valence-corrected chi connectivity index (χ0v) is 14.0. The van der Waals surface area contributed by atoms with E-state index in [0.717, 1.165) is 36.3 Å². The third-order valence-corrected chi connectivity index (χ3v) is 4.62. The first-order chi connectivity index (χ1) is 11.0. The molecule has 7 heteroatoms. The molecule has 2 heterocycles. The zero-order valence-electron chi connectivity index (χ0n) is 14.0. The van der Waals surface area contributed by atoms with Crippen molar-refractivity contribution in [3.8, 4) is 0 Å². The minimum atomic E-state index is -0.350. The van der Waals surface area contributed by atoms with Crippen molar-refractivity contribution in [2.75, 3.05) is 13.1 Å². The Bertz CT molecular complexity index is 538. The first-order valence-corrected chi connectivity index (χ1v) is 8.09. The van der Waals surface area contributed by atoms with E-state index in [2.05, 4.69) is 12.1 Å². The van der Waals surface area contributed by atoms with Crippen LogP contribution in [0.2, 0.25) is 0 Å². The van der Waals surface area contributed by atoms with Crippen molar-refractivity contribution in [3.63, 3.8) is 0 Å². The maximum absolute atomic E-state index is 12.7. The van der Waals surface area contributed by atoms with Crippen molar-refractivity contribution in [1.29, 1.82) is 0 Å². The molecule has 1 N–H and O–H groups in total. The summed E-state index contributed by atoms with van der Waals surface area (Å²) in [6.45, 7) is 6.96. The van der Waals surface area contributed by atoms with E-state index in [0.29, 0.717) is 24.6 Å². The van der Waals surface area contributed by atoms with Gasteiger partial charge in [0, 0.05) is 12.1 Å². The topological polar surface area (TPSA) is 86.9 Å². The van der Waals surface area contributed by atoms with E-state index in [-0.39, 0.29) is 24.3 Å². The number of aryl methyl sites for hydroxylation is 2. The van der Waals surface area contributed by atoms with Crippen LogP contribution in [0, 0.1) is 25.7 Å². The molecule has 2 amide bonds. The third kappa shape index (κ3) is 3.90. The van der Waals surface area contributed by atoms with E-state index in [1.807, 2.05) is 13.8 Å². The monoisotopic (exact) mass is 323 g/mol. The van der Waals surface area contributed by atoms with Crippen molar-refractivity contribution in [2.45, 2.75) is 46.6 Å². The highest BCUT2D eigenvalue weighted by Gasteiger charge is 2.41. The molecule has 1 saturated heterocycles. The number of carbonyl (C=O) groups is 2. The minimum absolute atomic E-state index is 0.0213. The maximum Gasteiger partial charge on any atom is 0.233 e. The highest BCUT2D eigenvalue weighted by Crippen LogP contribution is 2.31. The van der Waals surface area contributed by atoms with Crippen LogP contribution < -0.4 is 0 Å². The van der Waals surface area contributed by atoms with Crippen LogP contribution in [0.3, 0.4) is 0 Å². The molecule has 0 saturated carbocycles. The van der Waals surface area contributed by atoms with Crippen molar-refractivity contribution < 1.29 is 19.3 Å². The van der Waals surface area contributed by atoms with Gasteiger partial charge in [0.15, 0.2) is 0 Å². The van der Waals surface area contributed by atoms with E-state index < -0.39 is 0 Å². The number of hydroxylamine groups is 2. The van der Waals surface area contributed by atoms with Crippen LogP contribution in [0.15, 0.2) is 4.52 Å². The first-order valence-electron chi connectivity index (χ1n) is 8.09. The molecule has 1 aliphatic heterocycles. The van der Waals surface area contributed by atoms with E-state index in [1.54, 1.807) is 4.90 Å². The molecule has 2 atom stereocenters. The molecule has 2 unspecified atom stereocenters. The Kier molecular flexibility index (Phi) is 5.76. The van der Waals surface area contributed by atoms with E-state index in [9.17, 15) is 14.8 Å². The summed E-state index contributed by atoms with van der Waals surface area (Å²) in [6, 6.07) is 0. The Balaban J connectivity index is 2.12. The molecule has 0 aliphatic carbocycles. The van der Waals surface area contributed by atoms with Gasteiger partial charge in [-0.2, -0.15) is 0 Å². The van der Waals surface area contributed by atoms with Gasteiger partial charge in [0.2, 0.25) is 12.3 Å².